The van der Waals surface area contributed by atoms with Gasteiger partial charge >= 0.3 is 23.5 Å². The number of aromatic nitrogens is 4. The van der Waals surface area contributed by atoms with Crippen LogP contribution in [0.15, 0.2) is 12.7 Å². The largest absolute Gasteiger partial charge is 0.481 e. The first-order chi connectivity index (χ1) is 24.7. The number of fused-ring (bicyclic) bond motifs is 1. The molecular weight excluding hydrogens is 811 g/mol. The summed E-state index contributed by atoms with van der Waals surface area (Å²) in [5, 5.41) is 35.3. The predicted molar refractivity (Wildman–Crippen MR) is 183 cm³/mol. The third kappa shape index (κ3) is 13.3. The van der Waals surface area contributed by atoms with Crippen LogP contribution in [-0.2, 0) is 50.7 Å². The number of nitrogens with two attached hydrogens (primary N) is 1. The van der Waals surface area contributed by atoms with Crippen LogP contribution in [0.4, 0.5) is 5.82 Å². The quantitative estimate of drug-likeness (QED) is 0.0531. The molecule has 1 saturated heterocycles. The highest BCUT2D eigenvalue weighted by atomic mass is 32.2. The number of aliphatic hydroxyl groups is 3. The van der Waals surface area contributed by atoms with E-state index in [1.165, 1.54) is 27.7 Å². The maximum absolute atomic E-state index is 12.6. The average Bonchev–Trinajstić information content (AvgIpc) is 3.60. The monoisotopic (exact) mass is 853 g/mol. The first kappa shape index (κ1) is 45.9. The number of hydrogen-bond acceptors (Lipinski definition) is 19. The van der Waals surface area contributed by atoms with Crippen molar-refractivity contribution in [3.05, 3.63) is 12.7 Å². The third-order valence-corrected chi connectivity index (χ3v) is 11.5. The molecule has 1 aliphatic rings. The van der Waals surface area contributed by atoms with Crippen LogP contribution in [0.1, 0.15) is 40.3 Å². The number of hydrogen-bond donors (Lipinski definition) is 10. The Morgan fingerprint density at radius 2 is 1.69 bits per heavy atom. The fraction of sp³-hybridized carbons (Fsp3) is 0.680. The minimum atomic E-state index is -5.58. The van der Waals surface area contributed by atoms with Gasteiger partial charge in [0, 0.05) is 30.7 Å². The molecule has 2 aromatic rings. The van der Waals surface area contributed by atoms with E-state index in [9.17, 15) is 63.0 Å². The summed E-state index contributed by atoms with van der Waals surface area (Å²) in [7, 11) is -16.4. The number of nitrogens with zero attached hydrogens (tertiary/aromatic N) is 4. The topological polar surface area (TPSA) is 384 Å². The van der Waals surface area contributed by atoms with Crippen molar-refractivity contribution in [2.45, 2.75) is 70.4 Å². The Bertz CT molecular complexity index is 1810. The van der Waals surface area contributed by atoms with Gasteiger partial charge in [0.05, 0.1) is 19.5 Å². The van der Waals surface area contributed by atoms with Crippen LogP contribution < -0.4 is 16.4 Å². The van der Waals surface area contributed by atoms with Crippen molar-refractivity contribution in [1.82, 2.24) is 30.2 Å². The summed E-state index contributed by atoms with van der Waals surface area (Å²) >= 11 is 0.827. The number of nitrogen functional groups attached to an aromatic ring is 1. The molecule has 25 nitrogen and oxygen atoms in total. The SMILES string of the molecule is CC(C)(O)C(=O)SCCNC(=O)CCNC(=O)C(O)C(C)(C)COP(=O)(O)OP(=O)(O)OCC1OC(n2cnc3c(N)ncnc32)C(O)C1OP(=O)(O)O. The lowest BCUT2D eigenvalue weighted by Crippen LogP contribution is -2.46. The second-order valence-corrected chi connectivity index (χ2v) is 18.1. The van der Waals surface area contributed by atoms with Gasteiger partial charge in [0.1, 0.15) is 41.9 Å². The number of nitrogens with one attached hydrogen (secondary N) is 2. The molecule has 0 aromatic carbocycles. The van der Waals surface area contributed by atoms with Gasteiger partial charge < -0.3 is 56.0 Å². The van der Waals surface area contributed by atoms with Crippen LogP contribution >= 0.6 is 35.2 Å². The van der Waals surface area contributed by atoms with Crippen molar-refractivity contribution >= 4 is 69.1 Å². The number of carbonyl (C=O) groups is 3. The Morgan fingerprint density at radius 1 is 1.04 bits per heavy atom. The number of anilines is 1. The smallest absolute Gasteiger partial charge is 0.386 e. The molecule has 0 bridgehead atoms. The van der Waals surface area contributed by atoms with Gasteiger partial charge in [-0.25, -0.2) is 28.6 Å². The normalized spacial score (nSPS) is 22.4. The van der Waals surface area contributed by atoms with E-state index in [1.54, 1.807) is 0 Å². The summed E-state index contributed by atoms with van der Waals surface area (Å²) in [5.41, 5.74) is 2.70. The molecule has 11 N–H and O–H groups in total. The highest BCUT2D eigenvalue weighted by molar-refractivity contribution is 8.13. The molecule has 3 heterocycles. The molecule has 29 heteroatoms. The fourth-order valence-corrected chi connectivity index (χ4v) is 8.02. The number of rotatable bonds is 20. The minimum Gasteiger partial charge on any atom is -0.386 e. The van der Waals surface area contributed by atoms with E-state index in [0.717, 1.165) is 29.0 Å². The molecule has 0 spiro atoms. The van der Waals surface area contributed by atoms with Crippen LogP contribution in [-0.4, -0.2) is 133 Å². The molecule has 2 amide bonds. The van der Waals surface area contributed by atoms with Gasteiger partial charge in [-0.2, -0.15) is 4.31 Å². The molecule has 54 heavy (non-hydrogen) atoms. The third-order valence-electron chi connectivity index (χ3n) is 7.23. The highest BCUT2D eigenvalue weighted by Gasteiger charge is 2.50. The van der Waals surface area contributed by atoms with Crippen LogP contribution in [0.3, 0.4) is 0 Å². The number of carbonyl (C=O) groups excluding carboxylic acids is 3. The molecule has 1 aliphatic heterocycles. The number of amides is 2. The van der Waals surface area contributed by atoms with E-state index in [-0.39, 0.29) is 42.2 Å². The predicted octanol–water partition coefficient (Wildman–Crippen LogP) is -1.56. The van der Waals surface area contributed by atoms with Crippen molar-refractivity contribution in [3.63, 3.8) is 0 Å². The summed E-state index contributed by atoms with van der Waals surface area (Å²) in [6.45, 7) is 2.95. The second-order valence-electron chi connectivity index (χ2n) is 12.8. The molecule has 0 aliphatic carbocycles. The molecule has 0 radical (unpaired) electrons. The van der Waals surface area contributed by atoms with E-state index < -0.39 is 95.3 Å². The van der Waals surface area contributed by atoms with Crippen molar-refractivity contribution in [2.75, 3.05) is 37.8 Å². The Balaban J connectivity index is 1.51. The van der Waals surface area contributed by atoms with E-state index >= 15 is 0 Å². The van der Waals surface area contributed by atoms with Crippen molar-refractivity contribution in [3.8, 4) is 0 Å². The van der Waals surface area contributed by atoms with Crippen LogP contribution in [0, 0.1) is 5.41 Å². The maximum atomic E-state index is 12.6. The Morgan fingerprint density at radius 3 is 2.31 bits per heavy atom. The van der Waals surface area contributed by atoms with Gasteiger partial charge in [-0.1, -0.05) is 25.6 Å². The van der Waals surface area contributed by atoms with Crippen molar-refractivity contribution < 1.29 is 85.6 Å². The molecule has 1 fully saturated rings. The van der Waals surface area contributed by atoms with Crippen molar-refractivity contribution in [2.24, 2.45) is 5.41 Å². The summed E-state index contributed by atoms with van der Waals surface area (Å²) in [4.78, 5) is 87.0. The molecule has 7 unspecified atom stereocenters. The van der Waals surface area contributed by atoms with Crippen LogP contribution in [0.2, 0.25) is 0 Å². The number of aliphatic hydroxyl groups excluding tert-OH is 2. The lowest BCUT2D eigenvalue weighted by Gasteiger charge is -2.30. The summed E-state index contributed by atoms with van der Waals surface area (Å²) in [6.07, 6.45) is -7.01. The second kappa shape index (κ2) is 18.2. The van der Waals surface area contributed by atoms with Crippen molar-refractivity contribution in [1.29, 1.82) is 0 Å². The summed E-state index contributed by atoms with van der Waals surface area (Å²) < 4.78 is 61.9. The molecule has 0 saturated carbocycles. The van der Waals surface area contributed by atoms with Crippen LogP contribution in [0.5, 0.6) is 0 Å². The number of ether oxygens (including phenoxy) is 1. The van der Waals surface area contributed by atoms with E-state index in [0.29, 0.717) is 0 Å². The lowest BCUT2D eigenvalue weighted by atomic mass is 9.87. The summed E-state index contributed by atoms with van der Waals surface area (Å²) in [6, 6.07) is 0. The Labute approximate surface area is 310 Å². The summed E-state index contributed by atoms with van der Waals surface area (Å²) in [5.74, 6) is -1.35. The van der Waals surface area contributed by atoms with Gasteiger partial charge in [-0.3, -0.25) is 32.5 Å². The molecule has 7 atom stereocenters. The minimum absolute atomic E-state index is 0.0248. The Hall–Kier alpha value is -2.48. The van der Waals surface area contributed by atoms with Gasteiger partial charge in [0.15, 0.2) is 17.7 Å². The number of phosphoric ester groups is 3. The zero-order valence-corrected chi connectivity index (χ0v) is 32.5. The lowest BCUT2D eigenvalue weighted by molar-refractivity contribution is -0.137. The Kier molecular flexibility index (Phi) is 15.5. The van der Waals surface area contributed by atoms with Gasteiger partial charge in [-0.05, 0) is 13.8 Å². The van der Waals surface area contributed by atoms with Gasteiger partial charge in [0.2, 0.25) is 16.9 Å². The maximum Gasteiger partial charge on any atom is 0.481 e. The number of thioether (sulfide) groups is 1. The van der Waals surface area contributed by atoms with E-state index in [1.807, 2.05) is 0 Å². The zero-order chi connectivity index (χ0) is 40.9. The molecule has 3 rings (SSSR count). The first-order valence-electron chi connectivity index (χ1n) is 15.5. The molecule has 306 valence electrons. The van der Waals surface area contributed by atoms with Crippen LogP contribution in [0.25, 0.3) is 11.2 Å². The zero-order valence-electron chi connectivity index (χ0n) is 29.0. The first-order valence-corrected chi connectivity index (χ1v) is 21.0. The average molecular weight is 854 g/mol. The highest BCUT2D eigenvalue weighted by Crippen LogP contribution is 2.61. The molecule has 2 aromatic heterocycles. The molecular formula is C25H42N7O18P3S. The fourth-order valence-electron chi connectivity index (χ4n) is 4.45. The number of phosphoric acid groups is 3. The van der Waals surface area contributed by atoms with Gasteiger partial charge in [-0.15, -0.1) is 0 Å². The van der Waals surface area contributed by atoms with E-state index in [2.05, 4.69) is 34.4 Å². The van der Waals surface area contributed by atoms with E-state index in [4.69, 9.17) is 19.5 Å². The van der Waals surface area contributed by atoms with Gasteiger partial charge in [0.25, 0.3) is 0 Å². The standard InChI is InChI=1S/C25H42N7O18P3S/c1-24(2,18(35)21(36)28-6-5-14(33)27-7-8-54-23(37)25(3,4)38)10-47-53(44,45)50-52(42,43)46-9-13-17(49-51(39,40)41)16(34)22(48-13)32-12-31-15-19(26)29-11-30-20(15)32/h11-13,16-18,22,34-35,38H,5-10H2,1-4H3,(H,27,33)(H,28,36)(H,42,43)(H,44,45)(H2,26,29,30)(H2,39,40,41). The number of imidazole rings is 1.